The summed E-state index contributed by atoms with van der Waals surface area (Å²) in [7, 11) is 0. The van der Waals surface area contributed by atoms with Crippen molar-refractivity contribution in [1.82, 2.24) is 4.90 Å². The number of carbonyl (C=O) groups is 2. The molecular weight excluding hydrogens is 576 g/mol. The number of carboxylic acid groups (broad SMARTS) is 1. The SMILES string of the molecule is O=C(C=Cc1ccc(Sc2cccc(O[C@H]3CC[C@@H](C(=O)O)CC3)c2)c(C(F)(F)F)c1C(F)(F)F)N1CCOCC1. The lowest BCUT2D eigenvalue weighted by atomic mass is 9.87. The first kappa shape index (κ1) is 30.8. The van der Waals surface area contributed by atoms with Gasteiger partial charge in [-0.3, -0.25) is 9.59 Å². The number of aliphatic carboxylic acids is 1. The number of rotatable bonds is 7. The summed E-state index contributed by atoms with van der Waals surface area (Å²) in [4.78, 5) is 24.5. The van der Waals surface area contributed by atoms with E-state index in [-0.39, 0.29) is 37.3 Å². The molecule has 2 aromatic rings. The van der Waals surface area contributed by atoms with E-state index in [4.69, 9.17) is 14.6 Å². The van der Waals surface area contributed by atoms with Crippen LogP contribution in [0.2, 0.25) is 0 Å². The molecule has 1 saturated carbocycles. The average molecular weight is 604 g/mol. The van der Waals surface area contributed by atoms with Gasteiger partial charge in [0.15, 0.2) is 0 Å². The predicted octanol–water partition coefficient (Wildman–Crippen LogP) is 6.77. The van der Waals surface area contributed by atoms with E-state index in [0.29, 0.717) is 43.2 Å². The number of hydrogen-bond acceptors (Lipinski definition) is 5. The average Bonchev–Trinajstić information content (AvgIpc) is 2.91. The summed E-state index contributed by atoms with van der Waals surface area (Å²) in [5.41, 5.74) is -4.48. The van der Waals surface area contributed by atoms with Crippen LogP contribution in [-0.2, 0) is 26.7 Å². The zero-order valence-electron chi connectivity index (χ0n) is 21.6. The second-order valence-corrected chi connectivity index (χ2v) is 10.8. The number of carbonyl (C=O) groups excluding carboxylic acids is 1. The Bertz CT molecular complexity index is 1280. The number of morpholine rings is 1. The van der Waals surface area contributed by atoms with E-state index in [2.05, 4.69) is 0 Å². The maximum atomic E-state index is 14.2. The summed E-state index contributed by atoms with van der Waals surface area (Å²) in [6.45, 7) is 0.974. The summed E-state index contributed by atoms with van der Waals surface area (Å²) in [5, 5.41) is 9.15. The number of amides is 1. The molecule has 2 aliphatic rings. The van der Waals surface area contributed by atoms with Crippen molar-refractivity contribution in [2.45, 2.75) is 53.9 Å². The van der Waals surface area contributed by atoms with Crippen LogP contribution >= 0.6 is 11.8 Å². The van der Waals surface area contributed by atoms with Gasteiger partial charge in [-0.25, -0.2) is 0 Å². The molecule has 0 spiro atoms. The fourth-order valence-electron chi connectivity index (χ4n) is 4.82. The van der Waals surface area contributed by atoms with E-state index < -0.39 is 51.7 Å². The molecule has 6 nitrogen and oxygen atoms in total. The van der Waals surface area contributed by atoms with Crippen molar-refractivity contribution in [2.24, 2.45) is 5.92 Å². The lowest BCUT2D eigenvalue weighted by Crippen LogP contribution is -2.39. The highest BCUT2D eigenvalue weighted by molar-refractivity contribution is 7.99. The van der Waals surface area contributed by atoms with Gasteiger partial charge in [-0.2, -0.15) is 26.3 Å². The molecule has 0 bridgehead atoms. The lowest BCUT2D eigenvalue weighted by molar-refractivity contribution is -0.163. The molecule has 1 saturated heterocycles. The highest BCUT2D eigenvalue weighted by Gasteiger charge is 2.46. The molecule has 2 aromatic carbocycles. The first-order valence-corrected chi connectivity index (χ1v) is 13.7. The van der Waals surface area contributed by atoms with Crippen LogP contribution in [0.5, 0.6) is 5.75 Å². The van der Waals surface area contributed by atoms with E-state index in [1.807, 2.05) is 0 Å². The standard InChI is InChI=1S/C28H27F6NO5S/c29-27(30,31)24-17(7-11-23(36)35-12-14-39-15-13-35)6-10-22(25(24)28(32,33)34)41-21-3-1-2-20(16-21)40-19-8-4-18(5-9-19)26(37)38/h1-3,6-7,10-11,16,18-19H,4-5,8-9,12-15H2,(H,37,38)/t18-,19+. The second-order valence-electron chi connectivity index (χ2n) is 9.68. The van der Waals surface area contributed by atoms with Crippen molar-refractivity contribution >= 4 is 29.7 Å². The van der Waals surface area contributed by atoms with Gasteiger partial charge < -0.3 is 19.5 Å². The van der Waals surface area contributed by atoms with Crippen LogP contribution in [0.3, 0.4) is 0 Å². The molecule has 222 valence electrons. The quantitative estimate of drug-likeness (QED) is 0.278. The van der Waals surface area contributed by atoms with Crippen LogP contribution in [0.15, 0.2) is 52.3 Å². The van der Waals surface area contributed by atoms with Crippen LogP contribution in [0.25, 0.3) is 6.08 Å². The monoisotopic (exact) mass is 603 g/mol. The zero-order chi connectivity index (χ0) is 29.8. The van der Waals surface area contributed by atoms with E-state index in [0.717, 1.165) is 24.3 Å². The molecule has 0 unspecified atom stereocenters. The summed E-state index contributed by atoms with van der Waals surface area (Å²) in [5.74, 6) is -1.62. The summed E-state index contributed by atoms with van der Waals surface area (Å²) in [6, 6.07) is 7.88. The Hall–Kier alpha value is -3.19. The van der Waals surface area contributed by atoms with Crippen molar-refractivity contribution in [2.75, 3.05) is 26.3 Å². The van der Waals surface area contributed by atoms with Gasteiger partial charge in [0.05, 0.1) is 36.4 Å². The maximum Gasteiger partial charge on any atom is 0.418 e. The number of alkyl halides is 6. The minimum absolute atomic E-state index is 0.227. The van der Waals surface area contributed by atoms with Crippen molar-refractivity contribution in [1.29, 1.82) is 0 Å². The summed E-state index contributed by atoms with van der Waals surface area (Å²) in [6.07, 6.45) is -7.53. The molecule has 0 aromatic heterocycles. The highest BCUT2D eigenvalue weighted by atomic mass is 32.2. The van der Waals surface area contributed by atoms with Gasteiger partial charge in [-0.05, 0) is 61.6 Å². The molecule has 0 atom stereocenters. The fourth-order valence-corrected chi connectivity index (χ4v) is 5.85. The molecule has 41 heavy (non-hydrogen) atoms. The van der Waals surface area contributed by atoms with Crippen molar-refractivity contribution in [3.05, 3.63) is 59.2 Å². The Labute approximate surface area is 236 Å². The number of nitrogens with zero attached hydrogens (tertiary/aromatic N) is 1. The maximum absolute atomic E-state index is 14.2. The third-order valence-corrected chi connectivity index (χ3v) is 7.90. The van der Waals surface area contributed by atoms with Gasteiger partial charge in [0.25, 0.3) is 0 Å². The van der Waals surface area contributed by atoms with Gasteiger partial charge in [0.2, 0.25) is 5.91 Å². The molecule has 1 amide bonds. The molecule has 1 aliphatic carbocycles. The highest BCUT2D eigenvalue weighted by Crippen LogP contribution is 2.48. The molecule has 1 heterocycles. The van der Waals surface area contributed by atoms with Crippen LogP contribution in [-0.4, -0.2) is 54.3 Å². The van der Waals surface area contributed by atoms with Crippen molar-refractivity contribution in [3.63, 3.8) is 0 Å². The summed E-state index contributed by atoms with van der Waals surface area (Å²) < 4.78 is 96.0. The molecule has 0 radical (unpaired) electrons. The van der Waals surface area contributed by atoms with Gasteiger partial charge in [-0.1, -0.05) is 23.9 Å². The zero-order valence-corrected chi connectivity index (χ0v) is 22.5. The van der Waals surface area contributed by atoms with E-state index in [1.165, 1.54) is 23.1 Å². The van der Waals surface area contributed by atoms with Crippen LogP contribution in [0.4, 0.5) is 26.3 Å². The molecular formula is C28H27F6NO5S. The third kappa shape index (κ3) is 7.97. The minimum atomic E-state index is -5.36. The van der Waals surface area contributed by atoms with Gasteiger partial charge in [-0.15, -0.1) is 0 Å². The van der Waals surface area contributed by atoms with Crippen LogP contribution in [0, 0.1) is 5.92 Å². The third-order valence-electron chi connectivity index (χ3n) is 6.85. The van der Waals surface area contributed by atoms with Crippen molar-refractivity contribution in [3.8, 4) is 5.75 Å². The molecule has 4 rings (SSSR count). The number of benzene rings is 2. The van der Waals surface area contributed by atoms with Crippen LogP contribution < -0.4 is 4.74 Å². The Morgan fingerprint density at radius 1 is 0.951 bits per heavy atom. The molecule has 1 aliphatic heterocycles. The smallest absolute Gasteiger partial charge is 0.418 e. The number of hydrogen-bond donors (Lipinski definition) is 1. The lowest BCUT2D eigenvalue weighted by Gasteiger charge is -2.27. The molecule has 13 heteroatoms. The number of carboxylic acids is 1. The Balaban J connectivity index is 1.60. The predicted molar refractivity (Wildman–Crippen MR) is 137 cm³/mol. The Morgan fingerprint density at radius 2 is 1.61 bits per heavy atom. The summed E-state index contributed by atoms with van der Waals surface area (Å²) >= 11 is 0.517. The number of ether oxygens (including phenoxy) is 2. The molecule has 2 fully saturated rings. The fraction of sp³-hybridized carbons (Fsp3) is 0.429. The van der Waals surface area contributed by atoms with E-state index in [1.54, 1.807) is 6.07 Å². The Morgan fingerprint density at radius 3 is 2.22 bits per heavy atom. The van der Waals surface area contributed by atoms with Crippen LogP contribution in [0.1, 0.15) is 42.4 Å². The number of halogens is 6. The second kappa shape index (κ2) is 12.8. The van der Waals surface area contributed by atoms with E-state index >= 15 is 0 Å². The van der Waals surface area contributed by atoms with Crippen molar-refractivity contribution < 1.29 is 50.5 Å². The van der Waals surface area contributed by atoms with Gasteiger partial charge in [0, 0.05) is 29.0 Å². The van der Waals surface area contributed by atoms with Gasteiger partial charge in [0.1, 0.15) is 5.75 Å². The van der Waals surface area contributed by atoms with E-state index in [9.17, 15) is 35.9 Å². The minimum Gasteiger partial charge on any atom is -0.490 e. The first-order valence-electron chi connectivity index (χ1n) is 12.9. The Kier molecular flexibility index (Phi) is 9.58. The normalized spacial score (nSPS) is 20.3. The largest absolute Gasteiger partial charge is 0.490 e. The van der Waals surface area contributed by atoms with Gasteiger partial charge >= 0.3 is 18.3 Å². The molecule has 1 N–H and O–H groups in total. The topological polar surface area (TPSA) is 76.1 Å². The first-order chi connectivity index (χ1) is 19.3.